The van der Waals surface area contributed by atoms with E-state index in [4.69, 9.17) is 4.74 Å². The average molecular weight is 365 g/mol. The molecule has 0 aliphatic rings. The Kier molecular flexibility index (Phi) is 5.91. The van der Waals surface area contributed by atoms with Crippen molar-refractivity contribution in [2.45, 2.75) is 6.54 Å². The second kappa shape index (κ2) is 7.91. The Bertz CT molecular complexity index is 632. The highest BCUT2D eigenvalue weighted by atomic mass is 79.9. The molecule has 0 aliphatic carbocycles. The summed E-state index contributed by atoms with van der Waals surface area (Å²) in [6, 6.07) is 14.6. The van der Waals surface area contributed by atoms with E-state index in [0.29, 0.717) is 18.9 Å². The fraction of sp³-hybridized carbons (Fsp3) is 0.250. The second-order valence-electron chi connectivity index (χ2n) is 4.94. The van der Waals surface area contributed by atoms with Crippen LogP contribution in [0.15, 0.2) is 53.0 Å². The lowest BCUT2D eigenvalue weighted by Crippen LogP contribution is -2.24. The van der Waals surface area contributed by atoms with Gasteiger partial charge >= 0.3 is 5.69 Å². The van der Waals surface area contributed by atoms with Gasteiger partial charge in [0.2, 0.25) is 0 Å². The number of para-hydroxylation sites is 2. The summed E-state index contributed by atoms with van der Waals surface area (Å²) in [4.78, 5) is 12.6. The van der Waals surface area contributed by atoms with Crippen LogP contribution in [-0.2, 0) is 6.54 Å². The highest BCUT2D eigenvalue weighted by Gasteiger charge is 2.13. The number of nitro groups is 1. The van der Waals surface area contributed by atoms with Gasteiger partial charge in [-0.25, -0.2) is 0 Å². The van der Waals surface area contributed by atoms with Crippen molar-refractivity contribution < 1.29 is 9.66 Å². The third-order valence-corrected chi connectivity index (χ3v) is 3.69. The van der Waals surface area contributed by atoms with Crippen LogP contribution in [0.25, 0.3) is 0 Å². The summed E-state index contributed by atoms with van der Waals surface area (Å²) in [5, 5.41) is 10.9. The molecule has 0 saturated heterocycles. The molecule has 0 fully saturated rings. The SMILES string of the molecule is CN(CCOc1ccccc1[N+](=O)[O-])Cc1ccc(Br)cc1. The van der Waals surface area contributed by atoms with Gasteiger partial charge in [0, 0.05) is 23.6 Å². The van der Waals surface area contributed by atoms with E-state index < -0.39 is 4.92 Å². The van der Waals surface area contributed by atoms with Crippen LogP contribution >= 0.6 is 15.9 Å². The van der Waals surface area contributed by atoms with E-state index in [1.807, 2.05) is 19.2 Å². The molecule has 2 aromatic carbocycles. The summed E-state index contributed by atoms with van der Waals surface area (Å²) < 4.78 is 6.59. The summed E-state index contributed by atoms with van der Waals surface area (Å²) in [6.45, 7) is 1.88. The molecular formula is C16H17BrN2O3. The van der Waals surface area contributed by atoms with Crippen LogP contribution in [0.4, 0.5) is 5.69 Å². The van der Waals surface area contributed by atoms with Crippen LogP contribution in [-0.4, -0.2) is 30.0 Å². The lowest BCUT2D eigenvalue weighted by atomic mass is 10.2. The van der Waals surface area contributed by atoms with Crippen molar-refractivity contribution in [2.75, 3.05) is 20.2 Å². The van der Waals surface area contributed by atoms with E-state index in [0.717, 1.165) is 11.0 Å². The van der Waals surface area contributed by atoms with Gasteiger partial charge in [-0.15, -0.1) is 0 Å². The Balaban J connectivity index is 1.83. The van der Waals surface area contributed by atoms with Crippen molar-refractivity contribution in [1.82, 2.24) is 4.90 Å². The first kappa shape index (κ1) is 16.5. The molecule has 6 heteroatoms. The molecule has 5 nitrogen and oxygen atoms in total. The van der Waals surface area contributed by atoms with Gasteiger partial charge in [-0.3, -0.25) is 15.0 Å². The number of nitro benzene ring substituents is 1. The molecule has 0 radical (unpaired) electrons. The van der Waals surface area contributed by atoms with Gasteiger partial charge < -0.3 is 4.74 Å². The van der Waals surface area contributed by atoms with Crippen molar-refractivity contribution >= 4 is 21.6 Å². The zero-order valence-corrected chi connectivity index (χ0v) is 13.8. The number of ether oxygens (including phenoxy) is 1. The third-order valence-electron chi connectivity index (χ3n) is 3.16. The number of rotatable bonds is 7. The molecule has 0 amide bonds. The predicted molar refractivity (Wildman–Crippen MR) is 89.1 cm³/mol. The minimum Gasteiger partial charge on any atom is -0.485 e. The van der Waals surface area contributed by atoms with Gasteiger partial charge in [0.05, 0.1) is 4.92 Å². The normalized spacial score (nSPS) is 10.7. The summed E-state index contributed by atoms with van der Waals surface area (Å²) >= 11 is 3.41. The van der Waals surface area contributed by atoms with Crippen LogP contribution in [0.2, 0.25) is 0 Å². The molecule has 0 unspecified atom stereocenters. The minimum absolute atomic E-state index is 0.00179. The molecule has 0 saturated carbocycles. The average Bonchev–Trinajstić information content (AvgIpc) is 2.50. The summed E-state index contributed by atoms with van der Waals surface area (Å²) in [7, 11) is 1.99. The topological polar surface area (TPSA) is 55.6 Å². The number of likely N-dealkylation sites (N-methyl/N-ethyl adjacent to an activating group) is 1. The smallest absolute Gasteiger partial charge is 0.310 e. The van der Waals surface area contributed by atoms with Crippen molar-refractivity contribution in [2.24, 2.45) is 0 Å². The molecule has 22 heavy (non-hydrogen) atoms. The van der Waals surface area contributed by atoms with Gasteiger partial charge in [0.25, 0.3) is 0 Å². The Morgan fingerprint density at radius 2 is 1.86 bits per heavy atom. The Labute approximate surface area is 137 Å². The van der Waals surface area contributed by atoms with E-state index >= 15 is 0 Å². The molecule has 0 aromatic heterocycles. The van der Waals surface area contributed by atoms with Gasteiger partial charge in [-0.05, 0) is 30.8 Å². The van der Waals surface area contributed by atoms with Crippen molar-refractivity contribution in [3.8, 4) is 5.75 Å². The molecule has 0 atom stereocenters. The van der Waals surface area contributed by atoms with Crippen molar-refractivity contribution in [1.29, 1.82) is 0 Å². The van der Waals surface area contributed by atoms with E-state index in [1.165, 1.54) is 11.6 Å². The fourth-order valence-electron chi connectivity index (χ4n) is 2.02. The molecule has 2 rings (SSSR count). The number of halogens is 1. The number of nitrogens with zero attached hydrogens (tertiary/aromatic N) is 2. The standard InChI is InChI=1S/C16H17BrN2O3/c1-18(12-13-6-8-14(17)9-7-13)10-11-22-16-5-3-2-4-15(16)19(20)21/h2-9H,10-12H2,1H3. The lowest BCUT2D eigenvalue weighted by Gasteiger charge is -2.17. The van der Waals surface area contributed by atoms with Crippen LogP contribution in [0.3, 0.4) is 0 Å². The maximum absolute atomic E-state index is 10.9. The van der Waals surface area contributed by atoms with E-state index in [9.17, 15) is 10.1 Å². The Hall–Kier alpha value is -1.92. The molecule has 0 aliphatic heterocycles. The maximum atomic E-state index is 10.9. The molecule has 116 valence electrons. The summed E-state index contributed by atoms with van der Waals surface area (Å²) in [5.41, 5.74) is 1.20. The third kappa shape index (κ3) is 4.82. The molecular weight excluding hydrogens is 348 g/mol. The Morgan fingerprint density at radius 1 is 1.18 bits per heavy atom. The van der Waals surface area contributed by atoms with Crippen LogP contribution in [0.1, 0.15) is 5.56 Å². The second-order valence-corrected chi connectivity index (χ2v) is 5.85. The van der Waals surface area contributed by atoms with Crippen molar-refractivity contribution in [3.63, 3.8) is 0 Å². The van der Waals surface area contributed by atoms with Gasteiger partial charge in [-0.2, -0.15) is 0 Å². The fourth-order valence-corrected chi connectivity index (χ4v) is 2.29. The Morgan fingerprint density at radius 3 is 2.55 bits per heavy atom. The van der Waals surface area contributed by atoms with Crippen LogP contribution in [0, 0.1) is 10.1 Å². The number of benzene rings is 2. The highest BCUT2D eigenvalue weighted by Crippen LogP contribution is 2.25. The summed E-state index contributed by atoms with van der Waals surface area (Å²) in [6.07, 6.45) is 0. The summed E-state index contributed by atoms with van der Waals surface area (Å²) in [5.74, 6) is 0.310. The molecule has 0 bridgehead atoms. The van der Waals surface area contributed by atoms with Crippen LogP contribution in [0.5, 0.6) is 5.75 Å². The number of hydrogen-bond acceptors (Lipinski definition) is 4. The first-order valence-electron chi connectivity index (χ1n) is 6.85. The van der Waals surface area contributed by atoms with E-state index in [1.54, 1.807) is 18.2 Å². The van der Waals surface area contributed by atoms with Crippen LogP contribution < -0.4 is 4.74 Å². The first-order chi connectivity index (χ1) is 10.6. The van der Waals surface area contributed by atoms with Gasteiger partial charge in [0.15, 0.2) is 5.75 Å². The molecule has 0 heterocycles. The predicted octanol–water partition coefficient (Wildman–Crippen LogP) is 3.87. The van der Waals surface area contributed by atoms with Gasteiger partial charge in [-0.1, -0.05) is 40.2 Å². The lowest BCUT2D eigenvalue weighted by molar-refractivity contribution is -0.385. The highest BCUT2D eigenvalue weighted by molar-refractivity contribution is 9.10. The maximum Gasteiger partial charge on any atom is 0.310 e. The zero-order valence-electron chi connectivity index (χ0n) is 12.2. The molecule has 0 N–H and O–H groups in total. The molecule has 0 spiro atoms. The zero-order chi connectivity index (χ0) is 15.9. The molecule has 2 aromatic rings. The van der Waals surface area contributed by atoms with E-state index in [-0.39, 0.29) is 5.69 Å². The minimum atomic E-state index is -0.430. The first-order valence-corrected chi connectivity index (χ1v) is 7.65. The monoisotopic (exact) mass is 364 g/mol. The van der Waals surface area contributed by atoms with Gasteiger partial charge in [0.1, 0.15) is 6.61 Å². The van der Waals surface area contributed by atoms with E-state index in [2.05, 4.69) is 33.0 Å². The van der Waals surface area contributed by atoms with Crippen molar-refractivity contribution in [3.05, 3.63) is 68.7 Å². The quantitative estimate of drug-likeness (QED) is 0.552. The largest absolute Gasteiger partial charge is 0.485 e. The number of hydrogen-bond donors (Lipinski definition) is 0.